The van der Waals surface area contributed by atoms with Gasteiger partial charge in [-0.25, -0.2) is 0 Å². The summed E-state index contributed by atoms with van der Waals surface area (Å²) in [6, 6.07) is 13.6. The molecule has 0 radical (unpaired) electrons. The van der Waals surface area contributed by atoms with Gasteiger partial charge in [0.1, 0.15) is 0 Å². The van der Waals surface area contributed by atoms with Crippen LogP contribution in [0.15, 0.2) is 53.2 Å². The van der Waals surface area contributed by atoms with E-state index in [1.807, 2.05) is 60.0 Å². The predicted octanol–water partition coefficient (Wildman–Crippen LogP) is 3.47. The van der Waals surface area contributed by atoms with Gasteiger partial charge in [0.15, 0.2) is 17.3 Å². The third-order valence-corrected chi connectivity index (χ3v) is 5.46. The van der Waals surface area contributed by atoms with Crippen molar-refractivity contribution < 1.29 is 9.32 Å². The molecule has 0 spiro atoms. The van der Waals surface area contributed by atoms with E-state index in [-0.39, 0.29) is 11.8 Å². The predicted molar refractivity (Wildman–Crippen MR) is 110 cm³/mol. The minimum atomic E-state index is -0.185. The van der Waals surface area contributed by atoms with Gasteiger partial charge in [-0.05, 0) is 37.0 Å². The second-order valence-electron chi connectivity index (χ2n) is 7.58. The molecule has 1 aromatic carbocycles. The Hall–Kier alpha value is -3.55. The molecule has 152 valence electrons. The van der Waals surface area contributed by atoms with Crippen LogP contribution in [0.1, 0.15) is 55.2 Å². The first-order valence-electron chi connectivity index (χ1n) is 10.2. The lowest BCUT2D eigenvalue weighted by molar-refractivity contribution is -0.122. The Morgan fingerprint density at radius 1 is 1.23 bits per heavy atom. The Bertz CT molecular complexity index is 1180. The number of pyridine rings is 1. The molecule has 1 fully saturated rings. The first-order chi connectivity index (χ1) is 14.7. The van der Waals surface area contributed by atoms with Crippen molar-refractivity contribution in [3.63, 3.8) is 0 Å². The number of fused-ring (bicyclic) bond motifs is 1. The van der Waals surface area contributed by atoms with Crippen LogP contribution >= 0.6 is 0 Å². The highest BCUT2D eigenvalue weighted by Crippen LogP contribution is 2.38. The number of benzene rings is 1. The number of hydrogen-bond acceptors (Lipinski definition) is 6. The topological polar surface area (TPSA) is 98.2 Å². The zero-order chi connectivity index (χ0) is 20.5. The van der Waals surface area contributed by atoms with Crippen molar-refractivity contribution in [3.8, 4) is 11.5 Å². The SMILES string of the molecule is CC[C@H](C(=O)NCc1nnc2cc(-c3nc(C4CC4)no3)ccn12)c1ccccc1. The summed E-state index contributed by atoms with van der Waals surface area (Å²) < 4.78 is 7.24. The van der Waals surface area contributed by atoms with Gasteiger partial charge in [-0.2, -0.15) is 4.98 Å². The van der Waals surface area contributed by atoms with Gasteiger partial charge in [0, 0.05) is 17.7 Å². The molecular weight excluding hydrogens is 380 g/mol. The van der Waals surface area contributed by atoms with Gasteiger partial charge >= 0.3 is 0 Å². The van der Waals surface area contributed by atoms with Crippen molar-refractivity contribution in [1.82, 2.24) is 30.1 Å². The quantitative estimate of drug-likeness (QED) is 0.508. The van der Waals surface area contributed by atoms with Gasteiger partial charge in [-0.1, -0.05) is 42.4 Å². The zero-order valence-corrected chi connectivity index (χ0v) is 16.7. The fraction of sp³-hybridized carbons (Fsp3) is 0.318. The first-order valence-corrected chi connectivity index (χ1v) is 10.2. The molecule has 1 saturated carbocycles. The van der Waals surface area contributed by atoms with Crippen LogP contribution in [0.3, 0.4) is 0 Å². The first kappa shape index (κ1) is 18.5. The van der Waals surface area contributed by atoms with Crippen molar-refractivity contribution in [3.05, 3.63) is 65.9 Å². The van der Waals surface area contributed by atoms with E-state index >= 15 is 0 Å². The summed E-state index contributed by atoms with van der Waals surface area (Å²) in [5, 5.41) is 15.5. The minimum absolute atomic E-state index is 0.0180. The van der Waals surface area contributed by atoms with Gasteiger partial charge in [-0.15, -0.1) is 10.2 Å². The summed E-state index contributed by atoms with van der Waals surface area (Å²) in [5.74, 6) is 2.17. The Morgan fingerprint density at radius 3 is 2.83 bits per heavy atom. The highest BCUT2D eigenvalue weighted by atomic mass is 16.5. The molecule has 3 aromatic heterocycles. The van der Waals surface area contributed by atoms with Crippen molar-refractivity contribution in [2.75, 3.05) is 0 Å². The van der Waals surface area contributed by atoms with Crippen LogP contribution in [0.5, 0.6) is 0 Å². The summed E-state index contributed by atoms with van der Waals surface area (Å²) in [5.41, 5.74) is 2.48. The molecule has 1 aliphatic rings. The van der Waals surface area contributed by atoms with E-state index < -0.39 is 0 Å². The van der Waals surface area contributed by atoms with Gasteiger partial charge in [0.25, 0.3) is 5.89 Å². The number of amides is 1. The van der Waals surface area contributed by atoms with Crippen LogP contribution in [-0.4, -0.2) is 30.6 Å². The van der Waals surface area contributed by atoms with Crippen LogP contribution in [0.4, 0.5) is 0 Å². The normalized spacial score (nSPS) is 14.7. The molecule has 1 N–H and O–H groups in total. The number of rotatable bonds is 7. The van der Waals surface area contributed by atoms with Gasteiger partial charge in [0.05, 0.1) is 12.5 Å². The monoisotopic (exact) mass is 402 g/mol. The second kappa shape index (κ2) is 7.70. The van der Waals surface area contributed by atoms with E-state index in [9.17, 15) is 4.79 Å². The summed E-state index contributed by atoms with van der Waals surface area (Å²) in [7, 11) is 0. The lowest BCUT2D eigenvalue weighted by atomic mass is 9.96. The summed E-state index contributed by atoms with van der Waals surface area (Å²) >= 11 is 0. The van der Waals surface area contributed by atoms with E-state index in [1.54, 1.807) is 0 Å². The third kappa shape index (κ3) is 3.56. The van der Waals surface area contributed by atoms with Gasteiger partial charge in [-0.3, -0.25) is 9.20 Å². The molecule has 1 atom stereocenters. The Kier molecular flexibility index (Phi) is 4.74. The fourth-order valence-electron chi connectivity index (χ4n) is 3.60. The molecule has 0 saturated heterocycles. The number of aromatic nitrogens is 5. The molecule has 0 unspecified atom stereocenters. The van der Waals surface area contributed by atoms with Crippen LogP contribution < -0.4 is 5.32 Å². The number of carbonyl (C=O) groups is 1. The lowest BCUT2D eigenvalue weighted by Gasteiger charge is -2.15. The molecule has 3 heterocycles. The van der Waals surface area contributed by atoms with E-state index in [4.69, 9.17) is 4.52 Å². The van der Waals surface area contributed by atoms with Crippen LogP contribution in [-0.2, 0) is 11.3 Å². The molecule has 5 rings (SSSR count). The van der Waals surface area contributed by atoms with Crippen LogP contribution in [0.25, 0.3) is 17.1 Å². The maximum absolute atomic E-state index is 12.7. The summed E-state index contributed by atoms with van der Waals surface area (Å²) in [4.78, 5) is 17.2. The van der Waals surface area contributed by atoms with Crippen LogP contribution in [0.2, 0.25) is 0 Å². The van der Waals surface area contributed by atoms with Crippen molar-refractivity contribution >= 4 is 11.6 Å². The second-order valence-corrected chi connectivity index (χ2v) is 7.58. The maximum atomic E-state index is 12.7. The average molecular weight is 402 g/mol. The van der Waals surface area contributed by atoms with E-state index in [0.29, 0.717) is 29.8 Å². The molecule has 1 aliphatic carbocycles. The summed E-state index contributed by atoms with van der Waals surface area (Å²) in [6.45, 7) is 2.31. The highest BCUT2D eigenvalue weighted by Gasteiger charge is 2.29. The minimum Gasteiger partial charge on any atom is -0.348 e. The van der Waals surface area contributed by atoms with E-state index in [1.165, 1.54) is 0 Å². The fourth-order valence-corrected chi connectivity index (χ4v) is 3.60. The molecule has 30 heavy (non-hydrogen) atoms. The largest absolute Gasteiger partial charge is 0.348 e. The number of nitrogens with one attached hydrogen (secondary N) is 1. The number of carbonyl (C=O) groups excluding carboxylic acids is 1. The maximum Gasteiger partial charge on any atom is 0.258 e. The van der Waals surface area contributed by atoms with E-state index in [2.05, 4.69) is 25.7 Å². The number of hydrogen-bond donors (Lipinski definition) is 1. The molecular formula is C22H22N6O2. The average Bonchev–Trinajstić information content (AvgIpc) is 3.37. The van der Waals surface area contributed by atoms with E-state index in [0.717, 1.165) is 36.2 Å². The molecule has 4 aromatic rings. The van der Waals surface area contributed by atoms with Gasteiger partial charge < -0.3 is 9.84 Å². The smallest absolute Gasteiger partial charge is 0.258 e. The zero-order valence-electron chi connectivity index (χ0n) is 16.7. The molecule has 0 bridgehead atoms. The standard InChI is InChI=1S/C22H22N6O2/c1-2-17(14-6-4-3-5-7-14)21(29)23-13-19-26-25-18-12-16(10-11-28(18)19)22-24-20(27-30-22)15-8-9-15/h3-7,10-12,15,17H,2,8-9,13H2,1H3,(H,23,29)/t17-/m0/s1. The Balaban J connectivity index is 1.30. The Labute approximate surface area is 173 Å². The van der Waals surface area contributed by atoms with Crippen molar-refractivity contribution in [1.29, 1.82) is 0 Å². The lowest BCUT2D eigenvalue weighted by Crippen LogP contribution is -2.29. The van der Waals surface area contributed by atoms with Crippen LogP contribution in [0, 0.1) is 0 Å². The molecule has 0 aliphatic heterocycles. The van der Waals surface area contributed by atoms with Crippen molar-refractivity contribution in [2.45, 2.75) is 44.6 Å². The van der Waals surface area contributed by atoms with Crippen molar-refractivity contribution in [2.24, 2.45) is 0 Å². The number of nitrogens with zero attached hydrogens (tertiary/aromatic N) is 5. The third-order valence-electron chi connectivity index (χ3n) is 5.46. The highest BCUT2D eigenvalue weighted by molar-refractivity contribution is 5.83. The molecule has 1 amide bonds. The molecule has 8 heteroatoms. The molecule has 8 nitrogen and oxygen atoms in total. The Morgan fingerprint density at radius 2 is 2.07 bits per heavy atom. The summed E-state index contributed by atoms with van der Waals surface area (Å²) in [6.07, 6.45) is 4.84. The van der Waals surface area contributed by atoms with Gasteiger partial charge in [0.2, 0.25) is 5.91 Å².